The summed E-state index contributed by atoms with van der Waals surface area (Å²) in [5.74, 6) is -0.441. The van der Waals surface area contributed by atoms with Gasteiger partial charge in [0, 0.05) is 16.3 Å². The quantitative estimate of drug-likeness (QED) is 0.576. The fraction of sp³-hybridized carbons (Fsp3) is 0.174. The molecule has 1 unspecified atom stereocenters. The lowest BCUT2D eigenvalue weighted by molar-refractivity contribution is -0.116. The molecule has 0 saturated carbocycles. The first-order valence-electron chi connectivity index (χ1n) is 9.39. The summed E-state index contributed by atoms with van der Waals surface area (Å²) in [6, 6.07) is 21.1. The molecule has 1 N–H and O–H groups in total. The molecule has 0 radical (unpaired) electrons. The number of halogens is 1. The Balaban J connectivity index is 1.96. The minimum atomic E-state index is -3.74. The fourth-order valence-electron chi connectivity index (χ4n) is 3.30. The molecule has 0 aromatic heterocycles. The van der Waals surface area contributed by atoms with Crippen LogP contribution in [0.5, 0.6) is 0 Å². The zero-order valence-corrected chi connectivity index (χ0v) is 18.5. The Morgan fingerprint density at radius 1 is 1.00 bits per heavy atom. The van der Waals surface area contributed by atoms with Crippen molar-refractivity contribution in [2.24, 2.45) is 0 Å². The van der Waals surface area contributed by atoms with E-state index in [4.69, 9.17) is 11.6 Å². The first-order chi connectivity index (χ1) is 14.2. The van der Waals surface area contributed by atoms with Crippen LogP contribution >= 0.6 is 11.6 Å². The number of carbonyl (C=O) groups is 1. The average molecular weight is 443 g/mol. The number of aryl methyl sites for hydroxylation is 1. The van der Waals surface area contributed by atoms with Gasteiger partial charge in [-0.05, 0) is 43.2 Å². The number of anilines is 2. The van der Waals surface area contributed by atoms with E-state index in [1.165, 1.54) is 0 Å². The van der Waals surface area contributed by atoms with E-state index in [0.717, 1.165) is 21.7 Å². The Kier molecular flexibility index (Phi) is 6.48. The number of benzene rings is 3. The van der Waals surface area contributed by atoms with Crippen LogP contribution in [0.1, 0.15) is 12.5 Å². The number of nitrogens with zero attached hydrogens (tertiary/aromatic N) is 1. The zero-order chi connectivity index (χ0) is 21.9. The highest BCUT2D eigenvalue weighted by Crippen LogP contribution is 2.30. The second-order valence-corrected chi connectivity index (χ2v) is 9.36. The van der Waals surface area contributed by atoms with E-state index in [0.29, 0.717) is 22.0 Å². The topological polar surface area (TPSA) is 66.5 Å². The van der Waals surface area contributed by atoms with Gasteiger partial charge in [-0.25, -0.2) is 8.42 Å². The van der Waals surface area contributed by atoms with Gasteiger partial charge in [-0.2, -0.15) is 0 Å². The smallest absolute Gasteiger partial charge is 0.248 e. The zero-order valence-electron chi connectivity index (χ0n) is 17.0. The van der Waals surface area contributed by atoms with Crippen LogP contribution in [0.3, 0.4) is 0 Å². The number of rotatable bonds is 6. The number of carbonyl (C=O) groups excluding carboxylic acids is 1. The Hall–Kier alpha value is -2.83. The van der Waals surface area contributed by atoms with E-state index >= 15 is 0 Å². The van der Waals surface area contributed by atoms with E-state index in [1.54, 1.807) is 38.1 Å². The number of hydrogen-bond acceptors (Lipinski definition) is 3. The van der Waals surface area contributed by atoms with E-state index in [-0.39, 0.29) is 0 Å². The van der Waals surface area contributed by atoms with Crippen molar-refractivity contribution in [2.45, 2.75) is 19.9 Å². The lowest BCUT2D eigenvalue weighted by atomic mass is 10.0. The molecule has 0 bridgehead atoms. The van der Waals surface area contributed by atoms with Crippen LogP contribution in [0.4, 0.5) is 11.4 Å². The van der Waals surface area contributed by atoms with Gasteiger partial charge in [0.2, 0.25) is 15.9 Å². The molecule has 1 amide bonds. The third-order valence-corrected chi connectivity index (χ3v) is 6.23. The van der Waals surface area contributed by atoms with Gasteiger partial charge < -0.3 is 5.32 Å². The van der Waals surface area contributed by atoms with Gasteiger partial charge in [-0.3, -0.25) is 9.10 Å². The van der Waals surface area contributed by atoms with Crippen molar-refractivity contribution in [2.75, 3.05) is 15.9 Å². The van der Waals surface area contributed by atoms with Gasteiger partial charge >= 0.3 is 0 Å². The lowest BCUT2D eigenvalue weighted by Gasteiger charge is -2.29. The summed E-state index contributed by atoms with van der Waals surface area (Å²) >= 11 is 6.09. The van der Waals surface area contributed by atoms with E-state index in [9.17, 15) is 13.2 Å². The minimum absolute atomic E-state index is 0.379. The van der Waals surface area contributed by atoms with Crippen LogP contribution in [0.25, 0.3) is 11.1 Å². The molecule has 0 saturated heterocycles. The standard InChI is InChI=1S/C23H23ClN2O3S/c1-16-13-14-19(24)15-22(16)26(30(3,28)29)17(2)23(27)25-21-12-8-7-11-20(21)18-9-5-4-6-10-18/h4-15,17H,1-3H3,(H,25,27). The number of sulfonamides is 1. The maximum Gasteiger partial charge on any atom is 0.248 e. The summed E-state index contributed by atoms with van der Waals surface area (Å²) in [4.78, 5) is 13.1. The van der Waals surface area contributed by atoms with Gasteiger partial charge in [0.05, 0.1) is 11.9 Å². The van der Waals surface area contributed by atoms with Crippen LogP contribution in [-0.4, -0.2) is 26.6 Å². The van der Waals surface area contributed by atoms with Crippen LogP contribution in [-0.2, 0) is 14.8 Å². The number of hydrogen-bond donors (Lipinski definition) is 1. The summed E-state index contributed by atoms with van der Waals surface area (Å²) < 4.78 is 26.3. The molecule has 156 valence electrons. The molecule has 0 fully saturated rings. The van der Waals surface area contributed by atoms with Crippen molar-refractivity contribution in [1.82, 2.24) is 0 Å². The first kappa shape index (κ1) is 21.9. The summed E-state index contributed by atoms with van der Waals surface area (Å²) in [6.45, 7) is 3.33. The first-order valence-corrected chi connectivity index (χ1v) is 11.6. The van der Waals surface area contributed by atoms with Gasteiger partial charge in [0.15, 0.2) is 0 Å². The Morgan fingerprint density at radius 3 is 2.30 bits per heavy atom. The van der Waals surface area contributed by atoms with Crippen molar-refractivity contribution in [1.29, 1.82) is 0 Å². The molecule has 3 aromatic rings. The van der Waals surface area contributed by atoms with Crippen molar-refractivity contribution in [3.05, 3.63) is 83.4 Å². The predicted molar refractivity (Wildman–Crippen MR) is 123 cm³/mol. The number of amides is 1. The molecule has 0 aliphatic carbocycles. The largest absolute Gasteiger partial charge is 0.324 e. The van der Waals surface area contributed by atoms with Crippen LogP contribution in [0.2, 0.25) is 5.02 Å². The molecular formula is C23H23ClN2O3S. The Labute approximate surface area is 182 Å². The van der Waals surface area contributed by atoms with Crippen molar-refractivity contribution in [3.63, 3.8) is 0 Å². The highest BCUT2D eigenvalue weighted by Gasteiger charge is 2.30. The highest BCUT2D eigenvalue weighted by molar-refractivity contribution is 7.92. The molecule has 1 atom stereocenters. The molecule has 3 aromatic carbocycles. The fourth-order valence-corrected chi connectivity index (χ4v) is 4.69. The lowest BCUT2D eigenvalue weighted by Crippen LogP contribution is -2.45. The predicted octanol–water partition coefficient (Wildman–Crippen LogP) is 5.11. The van der Waals surface area contributed by atoms with Gasteiger partial charge in [0.1, 0.15) is 6.04 Å². The van der Waals surface area contributed by atoms with Gasteiger partial charge in [0.25, 0.3) is 0 Å². The number of nitrogens with one attached hydrogen (secondary N) is 1. The monoisotopic (exact) mass is 442 g/mol. The second kappa shape index (κ2) is 8.90. The van der Waals surface area contributed by atoms with Gasteiger partial charge in [-0.15, -0.1) is 0 Å². The summed E-state index contributed by atoms with van der Waals surface area (Å²) in [6.07, 6.45) is 1.08. The Bertz CT molecular complexity index is 1160. The molecule has 7 heteroatoms. The molecule has 0 spiro atoms. The van der Waals surface area contributed by atoms with E-state index < -0.39 is 22.0 Å². The van der Waals surface area contributed by atoms with Crippen LogP contribution in [0, 0.1) is 6.92 Å². The molecular weight excluding hydrogens is 420 g/mol. The van der Waals surface area contributed by atoms with Crippen LogP contribution < -0.4 is 9.62 Å². The average Bonchev–Trinajstić information content (AvgIpc) is 2.70. The third-order valence-electron chi connectivity index (χ3n) is 4.77. The van der Waals surface area contributed by atoms with Crippen molar-refractivity contribution >= 4 is 38.9 Å². The molecule has 5 nitrogen and oxygen atoms in total. The third kappa shape index (κ3) is 4.83. The summed E-state index contributed by atoms with van der Waals surface area (Å²) in [7, 11) is -3.74. The Morgan fingerprint density at radius 2 is 1.63 bits per heavy atom. The molecule has 3 rings (SSSR count). The summed E-state index contributed by atoms with van der Waals surface area (Å²) in [5, 5.41) is 3.28. The SMILES string of the molecule is Cc1ccc(Cl)cc1N(C(C)C(=O)Nc1ccccc1-c1ccccc1)S(C)(=O)=O. The van der Waals surface area contributed by atoms with Gasteiger partial charge in [-0.1, -0.05) is 66.2 Å². The van der Waals surface area contributed by atoms with Crippen molar-refractivity contribution < 1.29 is 13.2 Å². The van der Waals surface area contributed by atoms with E-state index in [1.807, 2.05) is 48.5 Å². The number of para-hydroxylation sites is 1. The molecule has 30 heavy (non-hydrogen) atoms. The maximum absolute atomic E-state index is 13.1. The molecule has 0 heterocycles. The van der Waals surface area contributed by atoms with E-state index in [2.05, 4.69) is 5.32 Å². The van der Waals surface area contributed by atoms with Crippen LogP contribution in [0.15, 0.2) is 72.8 Å². The molecule has 0 aliphatic heterocycles. The molecule has 0 aliphatic rings. The maximum atomic E-state index is 13.1. The highest BCUT2D eigenvalue weighted by atomic mass is 35.5. The van der Waals surface area contributed by atoms with Crippen molar-refractivity contribution in [3.8, 4) is 11.1 Å². The second-order valence-electron chi connectivity index (χ2n) is 7.07. The summed E-state index contributed by atoms with van der Waals surface area (Å²) in [5.41, 5.74) is 3.49. The minimum Gasteiger partial charge on any atom is -0.324 e. The normalized spacial score (nSPS) is 12.3.